The van der Waals surface area contributed by atoms with Crippen LogP contribution in [-0.4, -0.2) is 135 Å². The van der Waals surface area contributed by atoms with Crippen LogP contribution in [0.15, 0.2) is 0 Å². The van der Waals surface area contributed by atoms with Crippen molar-refractivity contribution in [3.8, 4) is 0 Å². The first kappa shape index (κ1) is 41.8. The Kier molecular flexibility index (Phi) is 16.0. The largest absolute Gasteiger partial charge is 0.467 e. The van der Waals surface area contributed by atoms with E-state index in [1.807, 2.05) is 0 Å². The van der Waals surface area contributed by atoms with Crippen LogP contribution in [-0.2, 0) is 85.7 Å². The molecule has 0 radical (unpaired) electrons. The van der Waals surface area contributed by atoms with Crippen LogP contribution in [0, 0.1) is 0 Å². The third-order valence-electron chi connectivity index (χ3n) is 7.01. The van der Waals surface area contributed by atoms with E-state index in [9.17, 15) is 38.4 Å². The predicted octanol–water partition coefficient (Wildman–Crippen LogP) is -1.67. The normalized spacial score (nSPS) is 29.6. The van der Waals surface area contributed by atoms with Crippen molar-refractivity contribution >= 4 is 47.6 Å². The Morgan fingerprint density at radius 3 is 1.46 bits per heavy atom. The Balaban J connectivity index is 2.80. The number of esters is 6. The molecule has 11 atom stereocenters. The predicted molar refractivity (Wildman–Crippen MR) is 160 cm³/mol. The van der Waals surface area contributed by atoms with Gasteiger partial charge >= 0.3 is 35.8 Å². The summed E-state index contributed by atoms with van der Waals surface area (Å²) in [7, 11) is 1.10. The number of carbonyl (C=O) groups is 8. The second-order valence-electron chi connectivity index (χ2n) is 11.3. The van der Waals surface area contributed by atoms with E-state index in [-0.39, 0.29) is 0 Å². The van der Waals surface area contributed by atoms with Crippen molar-refractivity contribution in [3.05, 3.63) is 0 Å². The summed E-state index contributed by atoms with van der Waals surface area (Å²) in [4.78, 5) is 97.7. The Morgan fingerprint density at radius 2 is 1.02 bits per heavy atom. The standard InChI is InChI=1S/C30H44N2O18/c1-12(28(40)41-9)44-26-22(31-13(2)33)29(47-19(8)39)48-21(11-43-16(5)36)25(26)50-30-23(32-14(3)34)27(46-18(7)38)24(45-17(6)37)20(49-30)10-42-15(4)35/h12,20-27,29-30H,10-11H2,1-9H3,(H,31,33)(H,32,34)/t12-,20-,21-,22-,23-,24-,25-,26-,27-,29?,30?/m1/s1. The summed E-state index contributed by atoms with van der Waals surface area (Å²) in [6.07, 6.45) is -13.5. The van der Waals surface area contributed by atoms with Crippen molar-refractivity contribution in [2.75, 3.05) is 20.3 Å². The van der Waals surface area contributed by atoms with Crippen LogP contribution >= 0.6 is 0 Å². The number of hydrogen-bond acceptors (Lipinski definition) is 18. The van der Waals surface area contributed by atoms with Crippen LogP contribution in [0.2, 0.25) is 0 Å². The van der Waals surface area contributed by atoms with Gasteiger partial charge in [-0.1, -0.05) is 0 Å². The quantitative estimate of drug-likeness (QED) is 0.150. The smallest absolute Gasteiger partial charge is 0.334 e. The lowest BCUT2D eigenvalue weighted by molar-refractivity contribution is -0.335. The number of ether oxygens (including phenoxy) is 10. The van der Waals surface area contributed by atoms with Crippen LogP contribution in [0.5, 0.6) is 0 Å². The molecule has 2 aliphatic rings. The van der Waals surface area contributed by atoms with Gasteiger partial charge in [0.05, 0.1) is 7.11 Å². The molecule has 20 heteroatoms. The number of methoxy groups -OCH3 is 1. The van der Waals surface area contributed by atoms with E-state index in [1.165, 1.54) is 6.92 Å². The average Bonchev–Trinajstić information content (AvgIpc) is 2.99. The summed E-state index contributed by atoms with van der Waals surface area (Å²) in [6, 6.07) is -2.87. The molecular weight excluding hydrogens is 676 g/mol. The lowest BCUT2D eigenvalue weighted by Gasteiger charge is -2.50. The van der Waals surface area contributed by atoms with E-state index in [0.29, 0.717) is 0 Å². The van der Waals surface area contributed by atoms with Crippen LogP contribution in [0.1, 0.15) is 55.4 Å². The van der Waals surface area contributed by atoms with Gasteiger partial charge in [0.1, 0.15) is 49.7 Å². The Morgan fingerprint density at radius 1 is 0.580 bits per heavy atom. The van der Waals surface area contributed by atoms with Gasteiger partial charge < -0.3 is 58.0 Å². The summed E-state index contributed by atoms with van der Waals surface area (Å²) < 4.78 is 55.9. The molecule has 0 bridgehead atoms. The monoisotopic (exact) mass is 720 g/mol. The van der Waals surface area contributed by atoms with Crippen LogP contribution in [0.25, 0.3) is 0 Å². The molecule has 0 aromatic heterocycles. The van der Waals surface area contributed by atoms with E-state index in [4.69, 9.17) is 47.4 Å². The molecule has 20 nitrogen and oxygen atoms in total. The molecule has 2 saturated heterocycles. The highest BCUT2D eigenvalue weighted by Crippen LogP contribution is 2.34. The molecule has 0 aromatic carbocycles. The first-order valence-corrected chi connectivity index (χ1v) is 15.4. The fourth-order valence-electron chi connectivity index (χ4n) is 5.23. The maximum Gasteiger partial charge on any atom is 0.334 e. The van der Waals surface area contributed by atoms with Crippen LogP contribution in [0.3, 0.4) is 0 Å². The number of rotatable bonds is 14. The highest BCUT2D eigenvalue weighted by molar-refractivity contribution is 5.75. The Labute approximate surface area is 287 Å². The van der Waals surface area contributed by atoms with Gasteiger partial charge in [-0.25, -0.2) is 4.79 Å². The molecule has 50 heavy (non-hydrogen) atoms. The zero-order valence-electron chi connectivity index (χ0n) is 29.1. The second kappa shape index (κ2) is 19.1. The fraction of sp³-hybridized carbons (Fsp3) is 0.733. The number of amides is 2. The summed E-state index contributed by atoms with van der Waals surface area (Å²) in [5.41, 5.74) is 0. The zero-order valence-corrected chi connectivity index (χ0v) is 29.1. The van der Waals surface area contributed by atoms with Gasteiger partial charge in [0.2, 0.25) is 18.1 Å². The molecule has 2 rings (SSSR count). The maximum absolute atomic E-state index is 12.5. The van der Waals surface area contributed by atoms with Gasteiger partial charge in [-0.2, -0.15) is 0 Å². The van der Waals surface area contributed by atoms with Gasteiger partial charge in [0.25, 0.3) is 0 Å². The SMILES string of the molecule is COC(=O)[C@@H](C)O[C@H]1[C@H](OC2O[C@H](COC(C)=O)[C@@H](OC(C)=O)[C@H](OC(C)=O)[C@H]2NC(C)=O)[C@@H](COC(C)=O)OC(OC(C)=O)[C@@H]1NC(C)=O. The van der Waals surface area contributed by atoms with E-state index in [2.05, 4.69) is 10.6 Å². The lowest BCUT2D eigenvalue weighted by atomic mass is 9.93. The number of carbonyl (C=O) groups excluding carboxylic acids is 8. The summed E-state index contributed by atoms with van der Waals surface area (Å²) in [5, 5.41) is 5.10. The van der Waals surface area contributed by atoms with Gasteiger partial charge in [0, 0.05) is 48.5 Å². The molecule has 2 unspecified atom stereocenters. The van der Waals surface area contributed by atoms with Gasteiger partial charge in [0.15, 0.2) is 24.6 Å². The molecule has 0 saturated carbocycles. The minimum atomic E-state index is -1.70. The topological polar surface area (TPSA) is 253 Å². The van der Waals surface area contributed by atoms with E-state index in [1.54, 1.807) is 0 Å². The van der Waals surface area contributed by atoms with Crippen LogP contribution < -0.4 is 10.6 Å². The number of nitrogens with one attached hydrogen (secondary N) is 2. The summed E-state index contributed by atoms with van der Waals surface area (Å²) in [5.74, 6) is -6.25. The Bertz CT molecular complexity index is 1270. The first-order chi connectivity index (χ1) is 23.3. The van der Waals surface area contributed by atoms with Gasteiger partial charge in [-0.15, -0.1) is 0 Å². The minimum absolute atomic E-state index is 0.557. The van der Waals surface area contributed by atoms with Crippen LogP contribution in [0.4, 0.5) is 0 Å². The molecule has 2 fully saturated rings. The average molecular weight is 721 g/mol. The highest BCUT2D eigenvalue weighted by Gasteiger charge is 2.56. The van der Waals surface area contributed by atoms with Crippen molar-refractivity contribution in [2.45, 2.75) is 123 Å². The lowest BCUT2D eigenvalue weighted by Crippen LogP contribution is -2.71. The van der Waals surface area contributed by atoms with Crippen molar-refractivity contribution < 1.29 is 85.7 Å². The molecule has 2 heterocycles. The molecule has 282 valence electrons. The van der Waals surface area contributed by atoms with E-state index >= 15 is 0 Å². The maximum atomic E-state index is 12.5. The molecule has 2 amide bonds. The second-order valence-corrected chi connectivity index (χ2v) is 11.3. The van der Waals surface area contributed by atoms with E-state index < -0.39 is 128 Å². The third kappa shape index (κ3) is 12.5. The van der Waals surface area contributed by atoms with Gasteiger partial charge in [-0.3, -0.25) is 33.6 Å². The van der Waals surface area contributed by atoms with Crippen molar-refractivity contribution in [2.24, 2.45) is 0 Å². The van der Waals surface area contributed by atoms with Crippen molar-refractivity contribution in [1.82, 2.24) is 10.6 Å². The number of hydrogen-bond donors (Lipinski definition) is 2. The fourth-order valence-corrected chi connectivity index (χ4v) is 5.23. The molecule has 2 aliphatic heterocycles. The molecule has 0 spiro atoms. The molecular formula is C30H44N2O18. The van der Waals surface area contributed by atoms with E-state index in [0.717, 1.165) is 55.6 Å². The molecule has 0 aromatic rings. The molecule has 0 aliphatic carbocycles. The van der Waals surface area contributed by atoms with Crippen molar-refractivity contribution in [3.63, 3.8) is 0 Å². The summed E-state index contributed by atoms with van der Waals surface area (Å²) in [6.45, 7) is 7.84. The van der Waals surface area contributed by atoms with Gasteiger partial charge in [-0.05, 0) is 6.92 Å². The highest BCUT2D eigenvalue weighted by atomic mass is 16.8. The Hall–Kier alpha value is -4.40. The zero-order chi connectivity index (χ0) is 37.9. The van der Waals surface area contributed by atoms with Crippen molar-refractivity contribution in [1.29, 1.82) is 0 Å². The third-order valence-corrected chi connectivity index (χ3v) is 7.01. The molecule has 2 N–H and O–H groups in total. The summed E-state index contributed by atoms with van der Waals surface area (Å²) >= 11 is 0. The first-order valence-electron chi connectivity index (χ1n) is 15.4. The minimum Gasteiger partial charge on any atom is -0.467 e.